The van der Waals surface area contributed by atoms with Gasteiger partial charge in [-0.2, -0.15) is 0 Å². The van der Waals surface area contributed by atoms with Gasteiger partial charge in [0, 0.05) is 35.9 Å². The molecule has 0 aliphatic heterocycles. The van der Waals surface area contributed by atoms with Gasteiger partial charge in [-0.1, -0.05) is 30.3 Å². The number of anilines is 1. The first-order chi connectivity index (χ1) is 10.3. The number of nitrogens with zero attached hydrogens (tertiary/aromatic N) is 2. The van der Waals surface area contributed by atoms with Crippen molar-refractivity contribution in [2.75, 3.05) is 18.5 Å². The Kier molecular flexibility index (Phi) is 4.42. The number of likely N-dealkylation sites (N-methyl/N-ethyl adjacent to an activating group) is 1. The summed E-state index contributed by atoms with van der Waals surface area (Å²) >= 11 is 7.82. The second kappa shape index (κ2) is 6.46. The molecule has 21 heavy (non-hydrogen) atoms. The van der Waals surface area contributed by atoms with Gasteiger partial charge in [-0.15, -0.1) is 22.9 Å². The Labute approximate surface area is 134 Å². The molecule has 3 rings (SSSR count). The fourth-order valence-electron chi connectivity index (χ4n) is 2.49. The molecule has 0 radical (unpaired) electrons. The van der Waals surface area contributed by atoms with Gasteiger partial charge >= 0.3 is 0 Å². The Morgan fingerprint density at radius 3 is 2.67 bits per heavy atom. The zero-order chi connectivity index (χ0) is 14.7. The molecule has 0 amide bonds. The number of pyridine rings is 1. The van der Waals surface area contributed by atoms with Gasteiger partial charge in [0.2, 0.25) is 0 Å². The summed E-state index contributed by atoms with van der Waals surface area (Å²) in [6.45, 7) is 0.956. The second-order valence-corrected chi connectivity index (χ2v) is 6.34. The fraction of sp³-hybridized carbons (Fsp3) is 0.235. The number of benzene rings is 1. The minimum atomic E-state index is 0.493. The number of hydrogen-bond acceptors (Lipinski definition) is 3. The molecule has 2 heterocycles. The Hall–Kier alpha value is -1.58. The molecule has 1 aromatic carbocycles. The van der Waals surface area contributed by atoms with E-state index in [1.54, 1.807) is 11.3 Å². The molecule has 3 aromatic rings. The van der Waals surface area contributed by atoms with Crippen molar-refractivity contribution in [2.24, 2.45) is 0 Å². The maximum absolute atomic E-state index is 6.01. The quantitative estimate of drug-likeness (QED) is 0.633. The third kappa shape index (κ3) is 3.04. The molecule has 0 unspecified atom stereocenters. The summed E-state index contributed by atoms with van der Waals surface area (Å²) < 4.78 is 0. The van der Waals surface area contributed by atoms with E-state index in [-0.39, 0.29) is 0 Å². The van der Waals surface area contributed by atoms with Gasteiger partial charge < -0.3 is 4.90 Å². The highest BCUT2D eigenvalue weighted by Gasteiger charge is 2.10. The van der Waals surface area contributed by atoms with Crippen molar-refractivity contribution in [3.05, 3.63) is 58.4 Å². The minimum Gasteiger partial charge on any atom is -0.359 e. The Bertz CT molecular complexity index is 725. The van der Waals surface area contributed by atoms with Crippen LogP contribution in [0.2, 0.25) is 0 Å². The van der Waals surface area contributed by atoms with Crippen molar-refractivity contribution in [3.63, 3.8) is 0 Å². The number of rotatable bonds is 5. The van der Waals surface area contributed by atoms with Crippen LogP contribution >= 0.6 is 22.9 Å². The molecule has 0 saturated carbocycles. The average molecular weight is 317 g/mol. The zero-order valence-electron chi connectivity index (χ0n) is 11.9. The van der Waals surface area contributed by atoms with Gasteiger partial charge in [0.1, 0.15) is 5.82 Å². The van der Waals surface area contributed by atoms with Gasteiger partial charge in [-0.25, -0.2) is 4.98 Å². The fourth-order valence-corrected chi connectivity index (χ4v) is 3.40. The Morgan fingerprint density at radius 2 is 1.95 bits per heavy atom. The lowest BCUT2D eigenvalue weighted by Gasteiger charge is -2.20. The van der Waals surface area contributed by atoms with Gasteiger partial charge in [-0.05, 0) is 28.8 Å². The van der Waals surface area contributed by atoms with Crippen molar-refractivity contribution >= 4 is 39.5 Å². The average Bonchev–Trinajstić information content (AvgIpc) is 3.05. The molecular formula is C17H17ClN2S. The molecule has 0 aliphatic rings. The van der Waals surface area contributed by atoms with Crippen LogP contribution in [0.5, 0.6) is 0 Å². The smallest absolute Gasteiger partial charge is 0.136 e. The second-order valence-electron chi connectivity index (χ2n) is 5.04. The van der Waals surface area contributed by atoms with Crippen molar-refractivity contribution in [1.29, 1.82) is 0 Å². The van der Waals surface area contributed by atoms with Crippen LogP contribution in [0.4, 0.5) is 5.82 Å². The predicted molar refractivity (Wildman–Crippen MR) is 92.6 cm³/mol. The predicted octanol–water partition coefficient (Wildman–Crippen LogP) is 4.71. The van der Waals surface area contributed by atoms with Crippen LogP contribution in [0, 0.1) is 0 Å². The van der Waals surface area contributed by atoms with E-state index in [9.17, 15) is 0 Å². The molecule has 0 N–H and O–H groups in total. The van der Waals surface area contributed by atoms with Crippen molar-refractivity contribution in [1.82, 2.24) is 4.98 Å². The lowest BCUT2D eigenvalue weighted by Crippen LogP contribution is -2.21. The normalized spacial score (nSPS) is 11.0. The van der Waals surface area contributed by atoms with E-state index >= 15 is 0 Å². The van der Waals surface area contributed by atoms with Crippen LogP contribution in [-0.2, 0) is 12.3 Å². The molecular weight excluding hydrogens is 300 g/mol. The monoisotopic (exact) mass is 316 g/mol. The summed E-state index contributed by atoms with van der Waals surface area (Å²) in [5.41, 5.74) is 1.09. The van der Waals surface area contributed by atoms with Crippen molar-refractivity contribution < 1.29 is 0 Å². The number of aromatic nitrogens is 1. The molecule has 0 fully saturated rings. The summed E-state index contributed by atoms with van der Waals surface area (Å²) in [6, 6.07) is 12.6. The van der Waals surface area contributed by atoms with E-state index in [1.165, 1.54) is 15.6 Å². The van der Waals surface area contributed by atoms with Crippen LogP contribution in [-0.4, -0.2) is 18.6 Å². The number of hydrogen-bond donors (Lipinski definition) is 0. The Morgan fingerprint density at radius 1 is 1.14 bits per heavy atom. The van der Waals surface area contributed by atoms with E-state index in [4.69, 9.17) is 11.6 Å². The molecule has 0 atom stereocenters. The number of alkyl halides is 1. The van der Waals surface area contributed by atoms with E-state index < -0.39 is 0 Å². The minimum absolute atomic E-state index is 0.493. The van der Waals surface area contributed by atoms with Crippen molar-refractivity contribution in [2.45, 2.75) is 12.3 Å². The summed E-state index contributed by atoms with van der Waals surface area (Å²) in [6.07, 6.45) is 2.94. The maximum atomic E-state index is 6.01. The van der Waals surface area contributed by atoms with Crippen LogP contribution in [0.25, 0.3) is 10.8 Å². The largest absolute Gasteiger partial charge is 0.359 e. The van der Waals surface area contributed by atoms with Crippen LogP contribution in [0.3, 0.4) is 0 Å². The Balaban J connectivity index is 1.89. The third-order valence-corrected chi connectivity index (χ3v) is 4.86. The first-order valence-corrected chi connectivity index (χ1v) is 8.37. The third-order valence-electron chi connectivity index (χ3n) is 3.64. The highest BCUT2D eigenvalue weighted by atomic mass is 35.5. The number of fused-ring (bicyclic) bond motifs is 1. The molecule has 0 spiro atoms. The highest BCUT2D eigenvalue weighted by Crippen LogP contribution is 2.27. The van der Waals surface area contributed by atoms with Gasteiger partial charge in [0.15, 0.2) is 0 Å². The van der Waals surface area contributed by atoms with Crippen LogP contribution in [0.15, 0.2) is 48.0 Å². The summed E-state index contributed by atoms with van der Waals surface area (Å²) in [5, 5.41) is 4.49. The number of halogens is 1. The molecule has 2 aromatic heterocycles. The summed E-state index contributed by atoms with van der Waals surface area (Å²) in [7, 11) is 2.10. The first-order valence-electron chi connectivity index (χ1n) is 6.95. The van der Waals surface area contributed by atoms with Gasteiger partial charge in [0.25, 0.3) is 0 Å². The van der Waals surface area contributed by atoms with Crippen molar-refractivity contribution in [3.8, 4) is 0 Å². The van der Waals surface area contributed by atoms with Gasteiger partial charge in [0.05, 0.1) is 0 Å². The van der Waals surface area contributed by atoms with Crippen LogP contribution in [0.1, 0.15) is 10.4 Å². The molecule has 0 aliphatic carbocycles. The summed E-state index contributed by atoms with van der Waals surface area (Å²) in [4.78, 5) is 8.25. The van der Waals surface area contributed by atoms with E-state index in [2.05, 4.69) is 52.6 Å². The topological polar surface area (TPSA) is 16.1 Å². The SMILES string of the molecule is CN(CCc1cccs1)c1ncc(CCl)c2ccccc12. The van der Waals surface area contributed by atoms with E-state index in [0.29, 0.717) is 5.88 Å². The first kappa shape index (κ1) is 14.4. The molecule has 4 heteroatoms. The lowest BCUT2D eigenvalue weighted by molar-refractivity contribution is 0.873. The lowest BCUT2D eigenvalue weighted by atomic mass is 10.1. The van der Waals surface area contributed by atoms with Crippen LogP contribution < -0.4 is 4.90 Å². The molecule has 2 nitrogen and oxygen atoms in total. The highest BCUT2D eigenvalue weighted by molar-refractivity contribution is 7.09. The molecule has 108 valence electrons. The molecule has 0 saturated heterocycles. The van der Waals surface area contributed by atoms with E-state index in [1.807, 2.05) is 12.3 Å². The zero-order valence-corrected chi connectivity index (χ0v) is 13.5. The molecule has 0 bridgehead atoms. The number of thiophene rings is 1. The van der Waals surface area contributed by atoms with E-state index in [0.717, 1.165) is 24.3 Å². The van der Waals surface area contributed by atoms with Gasteiger partial charge in [-0.3, -0.25) is 0 Å². The summed E-state index contributed by atoms with van der Waals surface area (Å²) in [5.74, 6) is 1.52. The standard InChI is InChI=1S/C17H17ClN2S/c1-20(9-8-14-5-4-10-21-14)17-16-7-3-2-6-15(16)13(11-18)12-19-17/h2-7,10,12H,8-9,11H2,1H3. The maximum Gasteiger partial charge on any atom is 0.136 e.